The van der Waals surface area contributed by atoms with Gasteiger partial charge in [-0.05, 0) is 5.41 Å². The van der Waals surface area contributed by atoms with Crippen molar-refractivity contribution in [2.75, 3.05) is 32.8 Å². The van der Waals surface area contributed by atoms with Gasteiger partial charge in [0.25, 0.3) is 0 Å². The van der Waals surface area contributed by atoms with Gasteiger partial charge in [0.05, 0.1) is 6.61 Å². The Morgan fingerprint density at radius 2 is 2.36 bits per heavy atom. The highest BCUT2D eigenvalue weighted by atomic mass is 16.3. The van der Waals surface area contributed by atoms with Gasteiger partial charge in [-0.1, -0.05) is 19.9 Å². The van der Waals surface area contributed by atoms with Crippen molar-refractivity contribution in [1.82, 2.24) is 10.2 Å². The summed E-state index contributed by atoms with van der Waals surface area (Å²) in [5.41, 5.74) is 0.271. The first-order chi connectivity index (χ1) is 6.57. The third-order valence-electron chi connectivity index (χ3n) is 2.61. The zero-order valence-corrected chi connectivity index (χ0v) is 9.29. The van der Waals surface area contributed by atoms with Crippen LogP contribution < -0.4 is 5.32 Å². The Morgan fingerprint density at radius 3 is 2.93 bits per heavy atom. The van der Waals surface area contributed by atoms with E-state index in [4.69, 9.17) is 5.11 Å². The number of aliphatic hydroxyl groups excluding tert-OH is 1. The molecule has 0 aromatic rings. The van der Waals surface area contributed by atoms with E-state index in [1.54, 1.807) is 0 Å². The molecule has 1 heterocycles. The number of nitrogens with one attached hydrogen (secondary N) is 1. The largest absolute Gasteiger partial charge is 0.395 e. The van der Waals surface area contributed by atoms with E-state index in [-0.39, 0.29) is 18.1 Å². The van der Waals surface area contributed by atoms with E-state index in [1.165, 1.54) is 0 Å². The second-order valence-corrected chi connectivity index (χ2v) is 4.91. The van der Waals surface area contributed by atoms with Gasteiger partial charge in [0.2, 0.25) is 0 Å². The predicted molar refractivity (Wildman–Crippen MR) is 59.3 cm³/mol. The molecule has 1 atom stereocenters. The second kappa shape index (κ2) is 4.91. The maximum absolute atomic E-state index is 9.16. The first-order valence-electron chi connectivity index (χ1n) is 5.25. The summed E-state index contributed by atoms with van der Waals surface area (Å²) in [5.74, 6) is 0. The highest BCUT2D eigenvalue weighted by Gasteiger charge is 2.27. The molecular formula is C11H22N2O. The molecule has 2 N–H and O–H groups in total. The van der Waals surface area contributed by atoms with Gasteiger partial charge < -0.3 is 10.4 Å². The standard InChI is InChI=1S/C11H22N2O/c1-4-5-13-6-10(7-14)12-8-11(2,3)9-13/h4,10,12,14H,1,5-9H2,2-3H3. The summed E-state index contributed by atoms with van der Waals surface area (Å²) >= 11 is 0. The molecule has 1 aliphatic rings. The van der Waals surface area contributed by atoms with Crippen LogP contribution in [0.2, 0.25) is 0 Å². The molecule has 0 amide bonds. The monoisotopic (exact) mass is 198 g/mol. The van der Waals surface area contributed by atoms with E-state index < -0.39 is 0 Å². The molecule has 3 heteroatoms. The second-order valence-electron chi connectivity index (χ2n) is 4.91. The molecule has 82 valence electrons. The molecule has 0 aliphatic carbocycles. The fraction of sp³-hybridized carbons (Fsp3) is 0.818. The smallest absolute Gasteiger partial charge is 0.0597 e. The lowest BCUT2D eigenvalue weighted by atomic mass is 9.93. The lowest BCUT2D eigenvalue weighted by Gasteiger charge is -2.28. The van der Waals surface area contributed by atoms with E-state index in [0.717, 1.165) is 26.2 Å². The normalized spacial score (nSPS) is 28.4. The van der Waals surface area contributed by atoms with Crippen molar-refractivity contribution in [3.8, 4) is 0 Å². The van der Waals surface area contributed by atoms with E-state index in [0.29, 0.717) is 0 Å². The van der Waals surface area contributed by atoms with Gasteiger partial charge in [-0.15, -0.1) is 6.58 Å². The van der Waals surface area contributed by atoms with Crippen LogP contribution in [0, 0.1) is 5.41 Å². The van der Waals surface area contributed by atoms with Crippen molar-refractivity contribution < 1.29 is 5.11 Å². The molecular weight excluding hydrogens is 176 g/mol. The molecule has 1 aliphatic heterocycles. The summed E-state index contributed by atoms with van der Waals surface area (Å²) in [5, 5.41) is 12.5. The number of hydrogen-bond acceptors (Lipinski definition) is 3. The zero-order chi connectivity index (χ0) is 10.6. The molecule has 1 saturated heterocycles. The van der Waals surface area contributed by atoms with Gasteiger partial charge in [0.1, 0.15) is 0 Å². The minimum Gasteiger partial charge on any atom is -0.395 e. The molecule has 0 aromatic heterocycles. The summed E-state index contributed by atoms with van der Waals surface area (Å²) in [6.07, 6.45) is 1.93. The van der Waals surface area contributed by atoms with Crippen LogP contribution in [0.4, 0.5) is 0 Å². The van der Waals surface area contributed by atoms with Gasteiger partial charge in [0.15, 0.2) is 0 Å². The third-order valence-corrected chi connectivity index (χ3v) is 2.61. The SMILES string of the molecule is C=CCN1CC(CO)NCC(C)(C)C1. The third kappa shape index (κ3) is 3.40. The van der Waals surface area contributed by atoms with Crippen LogP contribution in [0.3, 0.4) is 0 Å². The van der Waals surface area contributed by atoms with Gasteiger partial charge >= 0.3 is 0 Å². The number of rotatable bonds is 3. The molecule has 0 aromatic carbocycles. The van der Waals surface area contributed by atoms with Crippen LogP contribution in [-0.2, 0) is 0 Å². The molecule has 0 radical (unpaired) electrons. The van der Waals surface area contributed by atoms with E-state index in [9.17, 15) is 0 Å². The van der Waals surface area contributed by atoms with Crippen LogP contribution in [0.15, 0.2) is 12.7 Å². The molecule has 1 unspecified atom stereocenters. The highest BCUT2D eigenvalue weighted by Crippen LogP contribution is 2.18. The Morgan fingerprint density at radius 1 is 1.64 bits per heavy atom. The van der Waals surface area contributed by atoms with E-state index in [2.05, 4.69) is 30.6 Å². The summed E-state index contributed by atoms with van der Waals surface area (Å²) in [6.45, 7) is 12.3. The Balaban J connectivity index is 2.60. The van der Waals surface area contributed by atoms with Crippen molar-refractivity contribution >= 4 is 0 Å². The summed E-state index contributed by atoms with van der Waals surface area (Å²) < 4.78 is 0. The van der Waals surface area contributed by atoms with Gasteiger partial charge in [-0.3, -0.25) is 4.90 Å². The fourth-order valence-electron chi connectivity index (χ4n) is 1.97. The lowest BCUT2D eigenvalue weighted by Crippen LogP contribution is -2.40. The number of hydrogen-bond donors (Lipinski definition) is 2. The van der Waals surface area contributed by atoms with Crippen LogP contribution in [0.1, 0.15) is 13.8 Å². The minimum atomic E-state index is 0.205. The Labute approximate surface area is 86.8 Å². The van der Waals surface area contributed by atoms with Crippen LogP contribution >= 0.6 is 0 Å². The zero-order valence-electron chi connectivity index (χ0n) is 9.29. The topological polar surface area (TPSA) is 35.5 Å². The van der Waals surface area contributed by atoms with Crippen molar-refractivity contribution in [3.63, 3.8) is 0 Å². The molecule has 1 rings (SSSR count). The Kier molecular flexibility index (Phi) is 4.11. The summed E-state index contributed by atoms with van der Waals surface area (Å²) in [7, 11) is 0. The lowest BCUT2D eigenvalue weighted by molar-refractivity contribution is 0.196. The highest BCUT2D eigenvalue weighted by molar-refractivity contribution is 4.87. The van der Waals surface area contributed by atoms with Gasteiger partial charge in [-0.2, -0.15) is 0 Å². The fourth-order valence-corrected chi connectivity index (χ4v) is 1.97. The minimum absolute atomic E-state index is 0.205. The number of aliphatic hydroxyl groups is 1. The van der Waals surface area contributed by atoms with Crippen molar-refractivity contribution in [1.29, 1.82) is 0 Å². The average molecular weight is 198 g/mol. The van der Waals surface area contributed by atoms with Crippen molar-refractivity contribution in [2.45, 2.75) is 19.9 Å². The predicted octanol–water partition coefficient (Wildman–Crippen LogP) is 0.465. The van der Waals surface area contributed by atoms with Gasteiger partial charge in [-0.25, -0.2) is 0 Å². The Bertz CT molecular complexity index is 192. The van der Waals surface area contributed by atoms with Crippen LogP contribution in [0.25, 0.3) is 0 Å². The van der Waals surface area contributed by atoms with E-state index in [1.807, 2.05) is 6.08 Å². The first kappa shape index (κ1) is 11.7. The van der Waals surface area contributed by atoms with Crippen molar-refractivity contribution in [3.05, 3.63) is 12.7 Å². The van der Waals surface area contributed by atoms with E-state index >= 15 is 0 Å². The van der Waals surface area contributed by atoms with Crippen molar-refractivity contribution in [2.24, 2.45) is 5.41 Å². The summed E-state index contributed by atoms with van der Waals surface area (Å²) in [4.78, 5) is 2.34. The molecule has 1 fully saturated rings. The number of nitrogens with zero attached hydrogens (tertiary/aromatic N) is 1. The maximum Gasteiger partial charge on any atom is 0.0597 e. The Hall–Kier alpha value is -0.380. The van der Waals surface area contributed by atoms with Crippen LogP contribution in [-0.4, -0.2) is 48.8 Å². The van der Waals surface area contributed by atoms with Crippen LogP contribution in [0.5, 0.6) is 0 Å². The molecule has 0 saturated carbocycles. The quantitative estimate of drug-likeness (QED) is 0.647. The molecule has 3 nitrogen and oxygen atoms in total. The molecule has 0 spiro atoms. The molecule has 0 bridgehead atoms. The molecule has 14 heavy (non-hydrogen) atoms. The summed E-state index contributed by atoms with van der Waals surface area (Å²) in [6, 6.07) is 0.205. The first-order valence-corrected chi connectivity index (χ1v) is 5.25. The van der Waals surface area contributed by atoms with Gasteiger partial charge in [0, 0.05) is 32.2 Å². The maximum atomic E-state index is 9.16. The average Bonchev–Trinajstić information content (AvgIpc) is 2.24.